The molecule has 0 fully saturated rings. The molecule has 0 unspecified atom stereocenters. The summed E-state index contributed by atoms with van der Waals surface area (Å²) in [6, 6.07) is 21.8. The van der Waals surface area contributed by atoms with Crippen LogP contribution in [0.4, 0.5) is 5.69 Å². The second-order valence-corrected chi connectivity index (χ2v) is 9.09. The first kappa shape index (κ1) is 24.9. The number of carbonyl (C=O) groups is 2. The number of fused-ring (bicyclic) bond motifs is 1. The topological polar surface area (TPSA) is 89.4 Å². The fourth-order valence-electron chi connectivity index (χ4n) is 4.26. The van der Waals surface area contributed by atoms with E-state index in [1.165, 1.54) is 0 Å². The van der Waals surface area contributed by atoms with Gasteiger partial charge in [0.15, 0.2) is 0 Å². The number of nitrogens with one attached hydrogen (secondary N) is 1. The van der Waals surface area contributed by atoms with Gasteiger partial charge in [0, 0.05) is 12.2 Å². The molecule has 0 aliphatic rings. The Bertz CT molecular complexity index is 1350. The van der Waals surface area contributed by atoms with Gasteiger partial charge < -0.3 is 15.0 Å². The van der Waals surface area contributed by atoms with Crippen LogP contribution in [0.3, 0.4) is 0 Å². The van der Waals surface area contributed by atoms with Crippen LogP contribution in [-0.4, -0.2) is 44.9 Å². The van der Waals surface area contributed by atoms with E-state index in [1.54, 1.807) is 41.0 Å². The van der Waals surface area contributed by atoms with E-state index >= 15 is 0 Å². The van der Waals surface area contributed by atoms with Gasteiger partial charge in [-0.3, -0.25) is 9.59 Å². The average molecular weight is 486 g/mol. The lowest BCUT2D eigenvalue weighted by Gasteiger charge is -2.34. The molecule has 4 rings (SSSR count). The number of para-hydroxylation sites is 1. The minimum absolute atomic E-state index is 0.0224. The molecule has 1 heterocycles. The van der Waals surface area contributed by atoms with Gasteiger partial charge in [-0.15, -0.1) is 5.10 Å². The van der Waals surface area contributed by atoms with Crippen molar-refractivity contribution in [2.45, 2.75) is 39.9 Å². The van der Waals surface area contributed by atoms with Crippen molar-refractivity contribution in [2.75, 3.05) is 12.4 Å². The molecule has 8 nitrogen and oxygen atoms in total. The monoisotopic (exact) mass is 485 g/mol. The van der Waals surface area contributed by atoms with Crippen LogP contribution >= 0.6 is 0 Å². The van der Waals surface area contributed by atoms with E-state index in [9.17, 15) is 9.59 Å². The summed E-state index contributed by atoms with van der Waals surface area (Å²) < 4.78 is 6.79. The molecule has 1 N–H and O–H groups in total. The lowest BCUT2D eigenvalue weighted by Crippen LogP contribution is -2.51. The normalized spacial score (nSPS) is 11.9. The smallest absolute Gasteiger partial charge is 0.247 e. The summed E-state index contributed by atoms with van der Waals surface area (Å²) >= 11 is 0. The molecule has 3 aromatic carbocycles. The van der Waals surface area contributed by atoms with E-state index in [2.05, 4.69) is 15.6 Å². The first-order chi connectivity index (χ1) is 17.4. The summed E-state index contributed by atoms with van der Waals surface area (Å²) in [4.78, 5) is 29.0. The molecule has 1 atom stereocenters. The Kier molecular flexibility index (Phi) is 7.63. The number of hydrogen-bond acceptors (Lipinski definition) is 5. The van der Waals surface area contributed by atoms with E-state index in [1.807, 2.05) is 69.3 Å². The summed E-state index contributed by atoms with van der Waals surface area (Å²) in [6.45, 7) is 6.18. The van der Waals surface area contributed by atoms with E-state index in [0.29, 0.717) is 23.5 Å². The number of carbonyl (C=O) groups excluding carboxylic acids is 2. The number of ether oxygens (including phenoxy) is 1. The van der Waals surface area contributed by atoms with Gasteiger partial charge in [0.25, 0.3) is 0 Å². The fraction of sp³-hybridized carbons (Fsp3) is 0.286. The van der Waals surface area contributed by atoms with Crippen molar-refractivity contribution < 1.29 is 14.3 Å². The molecule has 0 radical (unpaired) electrons. The van der Waals surface area contributed by atoms with Gasteiger partial charge in [0.05, 0.1) is 12.6 Å². The molecule has 4 aromatic rings. The zero-order valence-electron chi connectivity index (χ0n) is 21.0. The van der Waals surface area contributed by atoms with Crippen molar-refractivity contribution in [3.8, 4) is 5.75 Å². The number of anilines is 1. The van der Waals surface area contributed by atoms with Crippen molar-refractivity contribution >= 4 is 28.5 Å². The third-order valence-electron chi connectivity index (χ3n) is 6.22. The molecular formula is C28H31N5O3. The van der Waals surface area contributed by atoms with Gasteiger partial charge in [-0.2, -0.15) is 0 Å². The lowest BCUT2D eigenvalue weighted by atomic mass is 9.99. The van der Waals surface area contributed by atoms with Crippen molar-refractivity contribution in [3.05, 3.63) is 83.9 Å². The average Bonchev–Trinajstić information content (AvgIpc) is 3.27. The van der Waals surface area contributed by atoms with Gasteiger partial charge in [-0.05, 0) is 60.4 Å². The predicted molar refractivity (Wildman–Crippen MR) is 140 cm³/mol. The first-order valence-electron chi connectivity index (χ1n) is 11.9. The molecule has 8 heteroatoms. The van der Waals surface area contributed by atoms with Gasteiger partial charge in [0.1, 0.15) is 23.9 Å². The maximum atomic E-state index is 13.8. The van der Waals surface area contributed by atoms with E-state index in [0.717, 1.165) is 16.6 Å². The van der Waals surface area contributed by atoms with Crippen molar-refractivity contribution in [1.82, 2.24) is 19.9 Å². The maximum Gasteiger partial charge on any atom is 0.247 e. The number of benzene rings is 3. The fourth-order valence-corrected chi connectivity index (χ4v) is 4.26. The molecular weight excluding hydrogens is 454 g/mol. The summed E-state index contributed by atoms with van der Waals surface area (Å²) in [6.07, 6.45) is 0. The van der Waals surface area contributed by atoms with E-state index < -0.39 is 6.04 Å². The van der Waals surface area contributed by atoms with Crippen LogP contribution < -0.4 is 10.1 Å². The van der Waals surface area contributed by atoms with Crippen LogP contribution in [0.15, 0.2) is 72.8 Å². The van der Waals surface area contributed by atoms with Crippen LogP contribution in [0.1, 0.15) is 25.0 Å². The maximum absolute atomic E-state index is 13.8. The second-order valence-electron chi connectivity index (χ2n) is 9.09. The van der Waals surface area contributed by atoms with E-state index in [-0.39, 0.29) is 24.3 Å². The molecule has 36 heavy (non-hydrogen) atoms. The van der Waals surface area contributed by atoms with Crippen LogP contribution in [-0.2, 0) is 22.7 Å². The third kappa shape index (κ3) is 5.54. The standard InChI is InChI=1S/C28H31N5O3/c1-19(2)27(28(35)29-22-13-15-23(36-4)16-14-22)32(17-21-10-6-5-9-20(21)3)26(34)18-33-25-12-8-7-11-24(25)30-31-33/h5-16,19,27H,17-18H2,1-4H3,(H,29,35)/t27-/m0/s1. The summed E-state index contributed by atoms with van der Waals surface area (Å²) in [5.74, 6) is 0.103. The zero-order chi connectivity index (χ0) is 25.7. The molecule has 2 amide bonds. The van der Waals surface area contributed by atoms with Gasteiger partial charge in [-0.25, -0.2) is 4.68 Å². The highest BCUT2D eigenvalue weighted by molar-refractivity contribution is 5.97. The third-order valence-corrected chi connectivity index (χ3v) is 6.22. The highest BCUT2D eigenvalue weighted by Gasteiger charge is 2.33. The number of nitrogens with zero attached hydrogens (tertiary/aromatic N) is 4. The number of amides is 2. The molecule has 0 aliphatic heterocycles. The van der Waals surface area contributed by atoms with Gasteiger partial charge >= 0.3 is 0 Å². The predicted octanol–water partition coefficient (Wildman–Crippen LogP) is 4.44. The van der Waals surface area contributed by atoms with Gasteiger partial charge in [0.2, 0.25) is 11.8 Å². The number of methoxy groups -OCH3 is 1. The van der Waals surface area contributed by atoms with Crippen LogP contribution in [0.2, 0.25) is 0 Å². The Morgan fingerprint density at radius 2 is 1.69 bits per heavy atom. The second kappa shape index (κ2) is 11.0. The Morgan fingerprint density at radius 1 is 1.00 bits per heavy atom. The molecule has 0 bridgehead atoms. The molecule has 0 aliphatic carbocycles. The van der Waals surface area contributed by atoms with Crippen molar-refractivity contribution in [2.24, 2.45) is 5.92 Å². The number of aryl methyl sites for hydroxylation is 1. The van der Waals surface area contributed by atoms with E-state index in [4.69, 9.17) is 4.74 Å². The van der Waals surface area contributed by atoms with Crippen molar-refractivity contribution in [3.63, 3.8) is 0 Å². The van der Waals surface area contributed by atoms with Crippen LogP contribution in [0.25, 0.3) is 11.0 Å². The Hall–Kier alpha value is -4.20. The quantitative estimate of drug-likeness (QED) is 0.379. The molecule has 1 aromatic heterocycles. The molecule has 0 spiro atoms. The highest BCUT2D eigenvalue weighted by atomic mass is 16.5. The summed E-state index contributed by atoms with van der Waals surface area (Å²) in [5, 5.41) is 11.3. The van der Waals surface area contributed by atoms with Crippen LogP contribution in [0, 0.1) is 12.8 Å². The Labute approximate surface area is 210 Å². The summed E-state index contributed by atoms with van der Waals surface area (Å²) in [7, 11) is 1.59. The van der Waals surface area contributed by atoms with Crippen molar-refractivity contribution in [1.29, 1.82) is 0 Å². The molecule has 0 saturated carbocycles. The highest BCUT2D eigenvalue weighted by Crippen LogP contribution is 2.22. The Morgan fingerprint density at radius 3 is 2.39 bits per heavy atom. The van der Waals surface area contributed by atoms with Crippen LogP contribution in [0.5, 0.6) is 5.75 Å². The first-order valence-corrected chi connectivity index (χ1v) is 11.9. The Balaban J connectivity index is 1.65. The lowest BCUT2D eigenvalue weighted by molar-refractivity contribution is -0.141. The molecule has 0 saturated heterocycles. The molecule has 186 valence electrons. The SMILES string of the molecule is COc1ccc(NC(=O)[C@H](C(C)C)N(Cc2ccccc2C)C(=O)Cn2nnc3ccccc32)cc1. The zero-order valence-corrected chi connectivity index (χ0v) is 21.0. The largest absolute Gasteiger partial charge is 0.497 e. The number of aromatic nitrogens is 3. The van der Waals surface area contributed by atoms with Gasteiger partial charge in [-0.1, -0.05) is 55.5 Å². The summed E-state index contributed by atoms with van der Waals surface area (Å²) in [5.41, 5.74) is 4.16. The number of rotatable bonds is 9. The minimum atomic E-state index is -0.700. The number of hydrogen-bond donors (Lipinski definition) is 1. The minimum Gasteiger partial charge on any atom is -0.497 e.